The maximum Gasteiger partial charge on any atom is 0.232 e. The Labute approximate surface area is 147 Å². The maximum atomic E-state index is 12.5. The van der Waals surface area contributed by atoms with E-state index in [0.29, 0.717) is 17.3 Å². The smallest absolute Gasteiger partial charge is 0.232 e. The number of nitrogens with zero attached hydrogens (tertiary/aromatic N) is 2. The van der Waals surface area contributed by atoms with Crippen LogP contribution in [-0.4, -0.2) is 66.9 Å². The van der Waals surface area contributed by atoms with Gasteiger partial charge in [-0.2, -0.15) is 0 Å². The van der Waals surface area contributed by atoms with Crippen molar-refractivity contribution >= 4 is 29.3 Å². The van der Waals surface area contributed by atoms with Crippen molar-refractivity contribution in [3.05, 3.63) is 29.3 Å². The molecule has 1 aromatic carbocycles. The second-order valence-electron chi connectivity index (χ2n) is 6.56. The second kappa shape index (κ2) is 8.38. The van der Waals surface area contributed by atoms with Gasteiger partial charge in [0.2, 0.25) is 5.91 Å². The molecule has 1 atom stereocenters. The molecule has 1 amide bonds. The quantitative estimate of drug-likeness (QED) is 0.796. The SMILES string of the molecule is CN(C)C[C@@]1(CO)CCCN(C(=O)CSc2ccc(Cl)cc2)C1. The summed E-state index contributed by atoms with van der Waals surface area (Å²) >= 11 is 7.40. The monoisotopic (exact) mass is 356 g/mol. The van der Waals surface area contributed by atoms with Crippen LogP contribution in [-0.2, 0) is 4.79 Å². The van der Waals surface area contributed by atoms with Crippen molar-refractivity contribution in [3.63, 3.8) is 0 Å². The molecule has 0 spiro atoms. The van der Waals surface area contributed by atoms with Crippen LogP contribution in [0.15, 0.2) is 29.2 Å². The molecule has 1 fully saturated rings. The van der Waals surface area contributed by atoms with Crippen molar-refractivity contribution in [1.29, 1.82) is 0 Å². The van der Waals surface area contributed by atoms with E-state index in [-0.39, 0.29) is 17.9 Å². The molecule has 1 aliphatic heterocycles. The Morgan fingerprint density at radius 3 is 2.70 bits per heavy atom. The first-order valence-corrected chi connectivity index (χ1v) is 9.22. The van der Waals surface area contributed by atoms with E-state index in [4.69, 9.17) is 11.6 Å². The number of hydrogen-bond donors (Lipinski definition) is 1. The maximum absolute atomic E-state index is 12.5. The largest absolute Gasteiger partial charge is 0.396 e. The lowest BCUT2D eigenvalue weighted by Gasteiger charge is -2.43. The lowest BCUT2D eigenvalue weighted by Crippen LogP contribution is -2.52. The minimum Gasteiger partial charge on any atom is -0.396 e. The molecule has 1 aliphatic rings. The predicted octanol–water partition coefficient (Wildman–Crippen LogP) is 2.59. The molecule has 0 unspecified atom stereocenters. The normalized spacial score (nSPS) is 21.7. The van der Waals surface area contributed by atoms with Crippen molar-refractivity contribution in [1.82, 2.24) is 9.80 Å². The lowest BCUT2D eigenvalue weighted by molar-refractivity contribution is -0.133. The van der Waals surface area contributed by atoms with Crippen molar-refractivity contribution < 1.29 is 9.90 Å². The fourth-order valence-electron chi connectivity index (χ4n) is 3.17. The number of halogens is 1. The number of aliphatic hydroxyl groups is 1. The number of carbonyl (C=O) groups is 1. The molecule has 128 valence electrons. The first-order valence-electron chi connectivity index (χ1n) is 7.86. The van der Waals surface area contributed by atoms with Crippen LogP contribution in [0.25, 0.3) is 0 Å². The van der Waals surface area contributed by atoms with Crippen molar-refractivity contribution in [2.24, 2.45) is 5.41 Å². The Kier molecular flexibility index (Phi) is 6.77. The van der Waals surface area contributed by atoms with E-state index in [1.54, 1.807) is 0 Å². The van der Waals surface area contributed by atoms with Crippen LogP contribution in [0, 0.1) is 5.41 Å². The number of hydrogen-bond acceptors (Lipinski definition) is 4. The number of aliphatic hydroxyl groups excluding tert-OH is 1. The van der Waals surface area contributed by atoms with Crippen LogP contribution in [0.5, 0.6) is 0 Å². The third kappa shape index (κ3) is 5.38. The summed E-state index contributed by atoms with van der Waals surface area (Å²) in [5.74, 6) is 0.562. The molecule has 1 aromatic rings. The van der Waals surface area contributed by atoms with Crippen molar-refractivity contribution in [2.75, 3.05) is 46.1 Å². The van der Waals surface area contributed by atoms with E-state index in [9.17, 15) is 9.90 Å². The van der Waals surface area contributed by atoms with E-state index in [2.05, 4.69) is 4.90 Å². The van der Waals surface area contributed by atoms with Gasteiger partial charge in [-0.05, 0) is 51.2 Å². The highest BCUT2D eigenvalue weighted by atomic mass is 35.5. The topological polar surface area (TPSA) is 43.8 Å². The average Bonchev–Trinajstić information content (AvgIpc) is 2.53. The van der Waals surface area contributed by atoms with Crippen LogP contribution < -0.4 is 0 Å². The van der Waals surface area contributed by atoms with Crippen LogP contribution >= 0.6 is 23.4 Å². The van der Waals surface area contributed by atoms with Gasteiger partial charge in [0, 0.05) is 35.0 Å². The number of likely N-dealkylation sites (tertiary alicyclic amines) is 1. The highest BCUT2D eigenvalue weighted by Gasteiger charge is 2.37. The predicted molar refractivity (Wildman–Crippen MR) is 96.1 cm³/mol. The summed E-state index contributed by atoms with van der Waals surface area (Å²) in [5, 5.41) is 10.5. The Morgan fingerprint density at radius 1 is 1.39 bits per heavy atom. The Bertz CT molecular complexity index is 524. The van der Waals surface area contributed by atoms with E-state index in [1.165, 1.54) is 11.8 Å². The Balaban J connectivity index is 1.92. The van der Waals surface area contributed by atoms with Crippen molar-refractivity contribution in [2.45, 2.75) is 17.7 Å². The lowest BCUT2D eigenvalue weighted by atomic mass is 9.80. The van der Waals surface area contributed by atoms with Gasteiger partial charge < -0.3 is 14.9 Å². The summed E-state index contributed by atoms with van der Waals surface area (Å²) in [6.07, 6.45) is 1.92. The molecular formula is C17H25ClN2O2S. The zero-order valence-corrected chi connectivity index (χ0v) is 15.4. The molecule has 1 N–H and O–H groups in total. The number of benzene rings is 1. The number of piperidine rings is 1. The van der Waals surface area contributed by atoms with Gasteiger partial charge in [0.15, 0.2) is 0 Å². The molecular weight excluding hydrogens is 332 g/mol. The number of carbonyl (C=O) groups excluding carboxylic acids is 1. The van der Waals surface area contributed by atoms with Gasteiger partial charge in [-0.3, -0.25) is 4.79 Å². The summed E-state index contributed by atoms with van der Waals surface area (Å²) < 4.78 is 0. The van der Waals surface area contributed by atoms with E-state index < -0.39 is 0 Å². The number of amides is 1. The van der Waals surface area contributed by atoms with Crippen molar-refractivity contribution in [3.8, 4) is 0 Å². The van der Waals surface area contributed by atoms with Gasteiger partial charge in [-0.25, -0.2) is 0 Å². The first-order chi connectivity index (χ1) is 10.9. The van der Waals surface area contributed by atoms with Gasteiger partial charge >= 0.3 is 0 Å². The average molecular weight is 357 g/mol. The van der Waals surface area contributed by atoms with Crippen LogP contribution in [0.3, 0.4) is 0 Å². The number of rotatable bonds is 6. The van der Waals surface area contributed by atoms with Gasteiger partial charge in [-0.1, -0.05) is 11.6 Å². The highest BCUT2D eigenvalue weighted by molar-refractivity contribution is 8.00. The molecule has 6 heteroatoms. The molecule has 4 nitrogen and oxygen atoms in total. The molecule has 0 aromatic heterocycles. The molecule has 2 rings (SSSR count). The molecule has 1 heterocycles. The minimum absolute atomic E-state index is 0.124. The summed E-state index contributed by atoms with van der Waals surface area (Å²) in [5.41, 5.74) is -0.192. The van der Waals surface area contributed by atoms with Gasteiger partial charge in [-0.15, -0.1) is 11.8 Å². The summed E-state index contributed by atoms with van der Waals surface area (Å²) in [6.45, 7) is 2.35. The highest BCUT2D eigenvalue weighted by Crippen LogP contribution is 2.31. The second-order valence-corrected chi connectivity index (χ2v) is 8.04. The summed E-state index contributed by atoms with van der Waals surface area (Å²) in [4.78, 5) is 17.6. The fourth-order valence-corrected chi connectivity index (χ4v) is 4.09. The Hall–Kier alpha value is -0.750. The minimum atomic E-state index is -0.192. The number of thioether (sulfide) groups is 1. The van der Waals surface area contributed by atoms with Gasteiger partial charge in [0.05, 0.1) is 12.4 Å². The molecule has 0 aliphatic carbocycles. The molecule has 23 heavy (non-hydrogen) atoms. The van der Waals surface area contributed by atoms with Gasteiger partial charge in [0.1, 0.15) is 0 Å². The van der Waals surface area contributed by atoms with E-state index in [0.717, 1.165) is 30.8 Å². The standard InChI is InChI=1S/C17H25ClN2O2S/c1-19(2)11-17(13-21)8-3-9-20(12-17)16(22)10-23-15-6-4-14(18)5-7-15/h4-7,21H,3,8-13H2,1-2H3/t17-/m0/s1. The van der Waals surface area contributed by atoms with Crippen LogP contribution in [0.2, 0.25) is 5.02 Å². The summed E-state index contributed by atoms with van der Waals surface area (Å²) in [6, 6.07) is 7.54. The molecule has 0 bridgehead atoms. The molecule has 1 saturated heterocycles. The summed E-state index contributed by atoms with van der Waals surface area (Å²) in [7, 11) is 4.02. The van der Waals surface area contributed by atoms with Gasteiger partial charge in [0.25, 0.3) is 0 Å². The van der Waals surface area contributed by atoms with E-state index >= 15 is 0 Å². The van der Waals surface area contributed by atoms with E-state index in [1.807, 2.05) is 43.3 Å². The Morgan fingerprint density at radius 2 is 2.09 bits per heavy atom. The zero-order chi connectivity index (χ0) is 16.9. The van der Waals surface area contributed by atoms with Crippen LogP contribution in [0.1, 0.15) is 12.8 Å². The molecule has 0 radical (unpaired) electrons. The fraction of sp³-hybridized carbons (Fsp3) is 0.588. The third-order valence-corrected chi connectivity index (χ3v) is 5.43. The zero-order valence-electron chi connectivity index (χ0n) is 13.8. The molecule has 0 saturated carbocycles. The first kappa shape index (κ1) is 18.6. The third-order valence-electron chi connectivity index (χ3n) is 4.18. The van der Waals surface area contributed by atoms with Crippen LogP contribution in [0.4, 0.5) is 0 Å².